The maximum atomic E-state index is 6.34. The minimum Gasteiger partial charge on any atom is -0.368 e. The van der Waals surface area contributed by atoms with E-state index in [9.17, 15) is 0 Å². The molecule has 1 unspecified atom stereocenters. The minimum atomic E-state index is -0.0278. The highest BCUT2D eigenvalue weighted by Gasteiger charge is 2.26. The predicted octanol–water partition coefficient (Wildman–Crippen LogP) is 2.79. The minimum absolute atomic E-state index is 0.0278. The molecule has 3 rings (SSSR count). The molecule has 0 N–H and O–H groups in total. The number of rotatable bonds is 3. The molecule has 0 aromatic carbocycles. The first-order chi connectivity index (χ1) is 9.78. The fourth-order valence-electron chi connectivity index (χ4n) is 3.09. The number of nitrogens with zero attached hydrogens (tertiary/aromatic N) is 3. The zero-order chi connectivity index (χ0) is 13.9. The Hall–Kier alpha value is -0.710. The van der Waals surface area contributed by atoms with Crippen LogP contribution in [-0.4, -0.2) is 41.1 Å². The zero-order valence-corrected chi connectivity index (χ0v) is 12.8. The molecule has 1 saturated heterocycles. The van der Waals surface area contributed by atoms with Gasteiger partial charge >= 0.3 is 0 Å². The monoisotopic (exact) mass is 295 g/mol. The van der Waals surface area contributed by atoms with Crippen molar-refractivity contribution in [1.29, 1.82) is 0 Å². The predicted molar refractivity (Wildman–Crippen MR) is 79.1 cm³/mol. The summed E-state index contributed by atoms with van der Waals surface area (Å²) in [6.07, 6.45) is 5.57. The van der Waals surface area contributed by atoms with Gasteiger partial charge in [-0.3, -0.25) is 4.90 Å². The fourth-order valence-corrected chi connectivity index (χ4v) is 3.38. The van der Waals surface area contributed by atoms with Gasteiger partial charge in [-0.1, -0.05) is 18.5 Å². The van der Waals surface area contributed by atoms with Crippen molar-refractivity contribution in [1.82, 2.24) is 14.9 Å². The van der Waals surface area contributed by atoms with Gasteiger partial charge in [-0.05, 0) is 38.6 Å². The Morgan fingerprint density at radius 3 is 3.00 bits per heavy atom. The number of hydrogen-bond donors (Lipinski definition) is 0. The van der Waals surface area contributed by atoms with E-state index in [0.717, 1.165) is 56.2 Å². The molecule has 1 aliphatic heterocycles. The fraction of sp³-hybridized carbons (Fsp3) is 0.733. The Kier molecular flexibility index (Phi) is 4.54. The average Bonchev–Trinajstić information content (AvgIpc) is 2.48. The number of fused-ring (bicyclic) bond motifs is 1. The first kappa shape index (κ1) is 14.2. The van der Waals surface area contributed by atoms with Crippen molar-refractivity contribution in [2.75, 3.05) is 26.2 Å². The van der Waals surface area contributed by atoms with Crippen LogP contribution in [0.5, 0.6) is 0 Å². The van der Waals surface area contributed by atoms with Gasteiger partial charge in [-0.25, -0.2) is 9.97 Å². The second-order valence-electron chi connectivity index (χ2n) is 5.67. The van der Waals surface area contributed by atoms with E-state index >= 15 is 0 Å². The van der Waals surface area contributed by atoms with Gasteiger partial charge in [0.2, 0.25) is 0 Å². The van der Waals surface area contributed by atoms with Gasteiger partial charge in [0.15, 0.2) is 5.82 Å². The van der Waals surface area contributed by atoms with Crippen LogP contribution in [0.1, 0.15) is 49.4 Å². The van der Waals surface area contributed by atoms with E-state index in [-0.39, 0.29) is 6.10 Å². The molecule has 110 valence electrons. The van der Waals surface area contributed by atoms with Crippen LogP contribution in [0, 0.1) is 0 Å². The molecule has 0 radical (unpaired) electrons. The summed E-state index contributed by atoms with van der Waals surface area (Å²) >= 11 is 6.34. The van der Waals surface area contributed by atoms with Crippen molar-refractivity contribution in [2.45, 2.75) is 45.1 Å². The number of halogens is 1. The summed E-state index contributed by atoms with van der Waals surface area (Å²) in [6.45, 7) is 5.95. The SMILES string of the molecule is CCCN1CCOC(c2nc(Cl)c3c(n2)CCCC3)C1. The number of morpholine rings is 1. The molecule has 1 aliphatic carbocycles. The van der Waals surface area contributed by atoms with Gasteiger partial charge in [0, 0.05) is 24.3 Å². The molecular weight excluding hydrogens is 274 g/mol. The lowest BCUT2D eigenvalue weighted by Gasteiger charge is -2.32. The second-order valence-corrected chi connectivity index (χ2v) is 6.02. The van der Waals surface area contributed by atoms with Crippen molar-refractivity contribution in [2.24, 2.45) is 0 Å². The van der Waals surface area contributed by atoms with E-state index in [1.165, 1.54) is 19.3 Å². The van der Waals surface area contributed by atoms with E-state index < -0.39 is 0 Å². The van der Waals surface area contributed by atoms with Crippen molar-refractivity contribution in [3.05, 3.63) is 22.2 Å². The molecule has 1 aromatic heterocycles. The summed E-state index contributed by atoms with van der Waals surface area (Å²) in [5, 5.41) is 0.640. The summed E-state index contributed by atoms with van der Waals surface area (Å²) in [5.74, 6) is 0.774. The van der Waals surface area contributed by atoms with Gasteiger partial charge in [0.25, 0.3) is 0 Å². The molecule has 0 saturated carbocycles. The Labute approximate surface area is 125 Å². The van der Waals surface area contributed by atoms with Gasteiger partial charge in [0.1, 0.15) is 11.3 Å². The summed E-state index contributed by atoms with van der Waals surface area (Å²) in [4.78, 5) is 11.7. The maximum Gasteiger partial charge on any atom is 0.160 e. The lowest BCUT2D eigenvalue weighted by Crippen LogP contribution is -2.39. The molecule has 4 nitrogen and oxygen atoms in total. The molecule has 0 amide bonds. The lowest BCUT2D eigenvalue weighted by atomic mass is 9.97. The van der Waals surface area contributed by atoms with Crippen molar-refractivity contribution >= 4 is 11.6 Å². The van der Waals surface area contributed by atoms with Crippen LogP contribution in [0.4, 0.5) is 0 Å². The number of hydrogen-bond acceptors (Lipinski definition) is 4. The summed E-state index contributed by atoms with van der Waals surface area (Å²) in [5.41, 5.74) is 2.30. The van der Waals surface area contributed by atoms with Gasteiger partial charge < -0.3 is 4.74 Å². The highest BCUT2D eigenvalue weighted by Crippen LogP contribution is 2.28. The van der Waals surface area contributed by atoms with Crippen LogP contribution in [-0.2, 0) is 17.6 Å². The van der Waals surface area contributed by atoms with Gasteiger partial charge in [-0.2, -0.15) is 0 Å². The average molecular weight is 296 g/mol. The third-order valence-electron chi connectivity index (χ3n) is 4.13. The summed E-state index contributed by atoms with van der Waals surface area (Å²) in [6, 6.07) is 0. The molecule has 2 aliphatic rings. The molecule has 1 fully saturated rings. The third kappa shape index (κ3) is 2.97. The number of aromatic nitrogens is 2. The van der Waals surface area contributed by atoms with Crippen molar-refractivity contribution in [3.63, 3.8) is 0 Å². The zero-order valence-electron chi connectivity index (χ0n) is 12.1. The highest BCUT2D eigenvalue weighted by molar-refractivity contribution is 6.30. The summed E-state index contributed by atoms with van der Waals surface area (Å²) in [7, 11) is 0. The van der Waals surface area contributed by atoms with Gasteiger partial charge in [-0.15, -0.1) is 0 Å². The molecule has 0 bridgehead atoms. The quantitative estimate of drug-likeness (QED) is 0.804. The van der Waals surface area contributed by atoms with E-state index in [2.05, 4.69) is 16.8 Å². The Morgan fingerprint density at radius 1 is 1.30 bits per heavy atom. The number of ether oxygens (including phenoxy) is 1. The molecule has 20 heavy (non-hydrogen) atoms. The standard InChI is InChI=1S/C15H22ClN3O/c1-2-7-19-8-9-20-13(10-19)15-17-12-6-4-3-5-11(12)14(16)18-15/h13H,2-10H2,1H3. The molecule has 5 heteroatoms. The molecule has 1 atom stereocenters. The largest absolute Gasteiger partial charge is 0.368 e. The van der Waals surface area contributed by atoms with E-state index in [0.29, 0.717) is 5.15 Å². The molecule has 0 spiro atoms. The third-order valence-corrected chi connectivity index (χ3v) is 4.44. The van der Waals surface area contributed by atoms with E-state index in [1.54, 1.807) is 0 Å². The molecule has 1 aromatic rings. The topological polar surface area (TPSA) is 38.2 Å². The highest BCUT2D eigenvalue weighted by atomic mass is 35.5. The van der Waals surface area contributed by atoms with Crippen LogP contribution in [0.25, 0.3) is 0 Å². The Balaban J connectivity index is 1.81. The van der Waals surface area contributed by atoms with E-state index in [1.807, 2.05) is 0 Å². The summed E-state index contributed by atoms with van der Waals surface area (Å²) < 4.78 is 5.86. The normalized spacial score (nSPS) is 23.6. The van der Waals surface area contributed by atoms with Crippen LogP contribution in [0.15, 0.2) is 0 Å². The maximum absolute atomic E-state index is 6.34. The van der Waals surface area contributed by atoms with E-state index in [4.69, 9.17) is 21.3 Å². The second kappa shape index (κ2) is 6.37. The van der Waals surface area contributed by atoms with Crippen LogP contribution < -0.4 is 0 Å². The van der Waals surface area contributed by atoms with Crippen molar-refractivity contribution in [3.8, 4) is 0 Å². The number of aryl methyl sites for hydroxylation is 1. The Bertz CT molecular complexity index is 478. The molecule has 2 heterocycles. The first-order valence-corrected chi connectivity index (χ1v) is 8.05. The van der Waals surface area contributed by atoms with Gasteiger partial charge in [0.05, 0.1) is 6.61 Å². The van der Waals surface area contributed by atoms with Crippen LogP contribution in [0.3, 0.4) is 0 Å². The smallest absolute Gasteiger partial charge is 0.160 e. The lowest BCUT2D eigenvalue weighted by molar-refractivity contribution is -0.0343. The first-order valence-electron chi connectivity index (χ1n) is 7.67. The van der Waals surface area contributed by atoms with Crippen molar-refractivity contribution < 1.29 is 4.74 Å². The Morgan fingerprint density at radius 2 is 2.15 bits per heavy atom. The van der Waals surface area contributed by atoms with Crippen LogP contribution in [0.2, 0.25) is 5.15 Å². The van der Waals surface area contributed by atoms with Crippen LogP contribution >= 0.6 is 11.6 Å². The molecular formula is C15H22ClN3O.